The Hall–Kier alpha value is -4.63. The van der Waals surface area contributed by atoms with E-state index in [1.54, 1.807) is 24.3 Å². The molecule has 6 aromatic rings. The zero-order valence-electron chi connectivity index (χ0n) is 20.9. The van der Waals surface area contributed by atoms with Gasteiger partial charge in [0, 0.05) is 10.9 Å². The van der Waals surface area contributed by atoms with Crippen molar-refractivity contribution in [2.45, 2.75) is 25.7 Å². The molecule has 0 saturated heterocycles. The lowest BCUT2D eigenvalue weighted by atomic mass is 9.84. The van der Waals surface area contributed by atoms with Crippen LogP contribution in [0, 0.1) is 0 Å². The lowest BCUT2D eigenvalue weighted by Gasteiger charge is -2.21. The normalized spacial score (nSPS) is 13.1. The van der Waals surface area contributed by atoms with E-state index in [4.69, 9.17) is 4.74 Å². The molecule has 3 nitrogen and oxygen atoms in total. The molecule has 3 heteroatoms. The SMILES string of the molecule is O=C(O)c1ccc(Oc2c(-c3cc4c5c(ccc4c4ccccc34)CCCC5)ccc3ccccc23)cc1. The Labute approximate surface area is 220 Å². The third kappa shape index (κ3) is 3.71. The number of rotatable bonds is 4. The van der Waals surface area contributed by atoms with Gasteiger partial charge in [-0.25, -0.2) is 4.79 Å². The minimum Gasteiger partial charge on any atom is -0.478 e. The molecule has 184 valence electrons. The van der Waals surface area contributed by atoms with Gasteiger partial charge in [0.1, 0.15) is 11.5 Å². The molecule has 6 aromatic carbocycles. The van der Waals surface area contributed by atoms with E-state index in [-0.39, 0.29) is 5.56 Å². The van der Waals surface area contributed by atoms with Crippen LogP contribution < -0.4 is 4.74 Å². The van der Waals surface area contributed by atoms with E-state index in [0.717, 1.165) is 40.5 Å². The van der Waals surface area contributed by atoms with Crippen molar-refractivity contribution < 1.29 is 14.6 Å². The monoisotopic (exact) mass is 494 g/mol. The lowest BCUT2D eigenvalue weighted by molar-refractivity contribution is 0.0697. The summed E-state index contributed by atoms with van der Waals surface area (Å²) in [5.74, 6) is 0.434. The summed E-state index contributed by atoms with van der Waals surface area (Å²) >= 11 is 0. The Bertz CT molecular complexity index is 1870. The van der Waals surface area contributed by atoms with E-state index in [9.17, 15) is 9.90 Å². The lowest BCUT2D eigenvalue weighted by Crippen LogP contribution is -2.03. The Kier molecular flexibility index (Phi) is 5.36. The predicted octanol–water partition coefficient (Wildman–Crippen LogP) is 9.18. The van der Waals surface area contributed by atoms with Crippen molar-refractivity contribution in [3.8, 4) is 22.6 Å². The number of aryl methyl sites for hydroxylation is 2. The molecule has 0 aliphatic heterocycles. The van der Waals surface area contributed by atoms with Crippen molar-refractivity contribution >= 4 is 38.3 Å². The number of ether oxygens (including phenoxy) is 1. The molecule has 0 amide bonds. The Morgan fingerprint density at radius 2 is 1.34 bits per heavy atom. The molecule has 0 atom stereocenters. The number of aromatic carboxylic acids is 1. The van der Waals surface area contributed by atoms with E-state index in [0.29, 0.717) is 5.75 Å². The number of carboxylic acids is 1. The molecular weight excluding hydrogens is 468 g/mol. The molecule has 7 rings (SSSR count). The van der Waals surface area contributed by atoms with Gasteiger partial charge in [-0.2, -0.15) is 0 Å². The second kappa shape index (κ2) is 9.04. The van der Waals surface area contributed by atoms with E-state index >= 15 is 0 Å². The van der Waals surface area contributed by atoms with Gasteiger partial charge < -0.3 is 9.84 Å². The molecule has 38 heavy (non-hydrogen) atoms. The number of benzene rings is 6. The maximum atomic E-state index is 11.4. The molecular formula is C35H26O3. The van der Waals surface area contributed by atoms with Crippen molar-refractivity contribution in [2.24, 2.45) is 0 Å². The van der Waals surface area contributed by atoms with Gasteiger partial charge in [0.15, 0.2) is 0 Å². The standard InChI is InChI=1S/C35H26O3/c36-35(37)24-13-17-25(18-14-24)38-34-27-10-4-2-8-23(27)16-20-31(34)33-21-32-26-9-3-1-7-22(26)15-19-30(32)28-11-5-6-12-29(28)33/h2,4-6,8,10-21H,1,3,7,9H2,(H,36,37). The quantitative estimate of drug-likeness (QED) is 0.249. The van der Waals surface area contributed by atoms with Crippen LogP contribution in [0.2, 0.25) is 0 Å². The van der Waals surface area contributed by atoms with E-state index in [2.05, 4.69) is 66.7 Å². The van der Waals surface area contributed by atoms with Gasteiger partial charge in [-0.15, -0.1) is 0 Å². The van der Waals surface area contributed by atoms with Gasteiger partial charge in [-0.1, -0.05) is 66.7 Å². The first-order valence-electron chi connectivity index (χ1n) is 13.2. The van der Waals surface area contributed by atoms with Crippen LogP contribution in [0.1, 0.15) is 34.3 Å². The first-order chi connectivity index (χ1) is 18.7. The smallest absolute Gasteiger partial charge is 0.335 e. The molecule has 0 aromatic heterocycles. The number of carbonyl (C=O) groups is 1. The molecule has 0 fully saturated rings. The van der Waals surface area contributed by atoms with Crippen molar-refractivity contribution in [2.75, 3.05) is 0 Å². The number of fused-ring (bicyclic) bond motifs is 6. The molecule has 0 heterocycles. The molecule has 1 N–H and O–H groups in total. The topological polar surface area (TPSA) is 46.5 Å². The van der Waals surface area contributed by atoms with Gasteiger partial charge in [0.2, 0.25) is 0 Å². The molecule has 0 radical (unpaired) electrons. The van der Waals surface area contributed by atoms with Crippen LogP contribution in [0.15, 0.2) is 103 Å². The van der Waals surface area contributed by atoms with Crippen LogP contribution in [-0.2, 0) is 12.8 Å². The summed E-state index contributed by atoms with van der Waals surface area (Å²) in [6, 6.07) is 34.8. The predicted molar refractivity (Wildman–Crippen MR) is 155 cm³/mol. The maximum absolute atomic E-state index is 11.4. The van der Waals surface area contributed by atoms with Crippen LogP contribution in [0.4, 0.5) is 0 Å². The second-order valence-corrected chi connectivity index (χ2v) is 10.1. The van der Waals surface area contributed by atoms with Crippen molar-refractivity contribution in [3.05, 3.63) is 120 Å². The minimum absolute atomic E-state index is 0.237. The largest absolute Gasteiger partial charge is 0.478 e. The average molecular weight is 495 g/mol. The summed E-state index contributed by atoms with van der Waals surface area (Å²) in [7, 11) is 0. The van der Waals surface area contributed by atoms with Gasteiger partial charge in [0.25, 0.3) is 0 Å². The maximum Gasteiger partial charge on any atom is 0.335 e. The van der Waals surface area contributed by atoms with Gasteiger partial charge in [0.05, 0.1) is 5.56 Å². The molecule has 1 aliphatic carbocycles. The fourth-order valence-corrected chi connectivity index (χ4v) is 6.00. The fourth-order valence-electron chi connectivity index (χ4n) is 6.00. The highest BCUT2D eigenvalue weighted by Gasteiger charge is 2.19. The third-order valence-corrected chi connectivity index (χ3v) is 7.86. The van der Waals surface area contributed by atoms with Crippen molar-refractivity contribution in [1.29, 1.82) is 0 Å². The molecule has 0 bridgehead atoms. The van der Waals surface area contributed by atoms with Crippen LogP contribution in [-0.4, -0.2) is 11.1 Å². The fraction of sp³-hybridized carbons (Fsp3) is 0.114. The van der Waals surface area contributed by atoms with Crippen LogP contribution >= 0.6 is 0 Å². The Morgan fingerprint density at radius 1 is 0.632 bits per heavy atom. The summed E-state index contributed by atoms with van der Waals surface area (Å²) in [6.07, 6.45) is 4.73. The third-order valence-electron chi connectivity index (χ3n) is 7.86. The number of hydrogen-bond acceptors (Lipinski definition) is 2. The van der Waals surface area contributed by atoms with Crippen LogP contribution in [0.25, 0.3) is 43.4 Å². The molecule has 0 unspecified atom stereocenters. The van der Waals surface area contributed by atoms with E-state index in [1.165, 1.54) is 45.5 Å². The van der Waals surface area contributed by atoms with Crippen molar-refractivity contribution in [1.82, 2.24) is 0 Å². The Balaban J connectivity index is 1.51. The molecule has 1 aliphatic rings. The highest BCUT2D eigenvalue weighted by Crippen LogP contribution is 2.45. The second-order valence-electron chi connectivity index (χ2n) is 10.1. The summed E-state index contributed by atoms with van der Waals surface area (Å²) in [5, 5.41) is 16.5. The van der Waals surface area contributed by atoms with E-state index < -0.39 is 5.97 Å². The molecule has 0 spiro atoms. The summed E-state index contributed by atoms with van der Waals surface area (Å²) in [5.41, 5.74) is 5.36. The zero-order valence-corrected chi connectivity index (χ0v) is 20.9. The first-order valence-corrected chi connectivity index (χ1v) is 13.2. The van der Waals surface area contributed by atoms with Crippen LogP contribution in [0.3, 0.4) is 0 Å². The van der Waals surface area contributed by atoms with Gasteiger partial charge in [-0.05, 0) is 106 Å². The molecule has 0 saturated carbocycles. The summed E-state index contributed by atoms with van der Waals surface area (Å²) < 4.78 is 6.59. The van der Waals surface area contributed by atoms with Crippen molar-refractivity contribution in [3.63, 3.8) is 0 Å². The average Bonchev–Trinajstić information content (AvgIpc) is 2.97. The Morgan fingerprint density at radius 3 is 2.16 bits per heavy atom. The summed E-state index contributed by atoms with van der Waals surface area (Å²) in [4.78, 5) is 11.4. The first kappa shape index (κ1) is 22.6. The number of carboxylic acid groups (broad SMARTS) is 1. The number of hydrogen-bond donors (Lipinski definition) is 1. The summed E-state index contributed by atoms with van der Waals surface area (Å²) in [6.45, 7) is 0. The van der Waals surface area contributed by atoms with Gasteiger partial charge in [-0.3, -0.25) is 0 Å². The van der Waals surface area contributed by atoms with Crippen LogP contribution in [0.5, 0.6) is 11.5 Å². The van der Waals surface area contributed by atoms with E-state index in [1.807, 2.05) is 12.1 Å². The highest BCUT2D eigenvalue weighted by molar-refractivity contribution is 6.16. The van der Waals surface area contributed by atoms with Gasteiger partial charge >= 0.3 is 5.97 Å². The minimum atomic E-state index is -0.951. The highest BCUT2D eigenvalue weighted by atomic mass is 16.5. The zero-order chi connectivity index (χ0) is 25.6.